The minimum absolute atomic E-state index is 0.00429. The topological polar surface area (TPSA) is 20.2 Å². The quantitative estimate of drug-likeness (QED) is 0.873. The van der Waals surface area contributed by atoms with E-state index in [0.717, 1.165) is 5.56 Å². The van der Waals surface area contributed by atoms with Crippen molar-refractivity contribution in [2.45, 2.75) is 31.8 Å². The molecule has 0 fully saturated rings. The van der Waals surface area contributed by atoms with Crippen LogP contribution in [0.25, 0.3) is 0 Å². The van der Waals surface area contributed by atoms with Gasteiger partial charge < -0.3 is 5.11 Å². The highest BCUT2D eigenvalue weighted by atomic mass is 19.1. The van der Waals surface area contributed by atoms with Crippen LogP contribution in [0.15, 0.2) is 48.5 Å². The van der Waals surface area contributed by atoms with E-state index in [1.807, 2.05) is 37.3 Å². The van der Waals surface area contributed by atoms with Gasteiger partial charge in [-0.05, 0) is 30.0 Å². The van der Waals surface area contributed by atoms with Crippen molar-refractivity contribution in [3.63, 3.8) is 0 Å². The van der Waals surface area contributed by atoms with Gasteiger partial charge in [0.05, 0.1) is 6.10 Å². The third-order valence-corrected chi connectivity index (χ3v) is 3.50. The first-order chi connectivity index (χ1) is 9.58. The van der Waals surface area contributed by atoms with Gasteiger partial charge in [0.1, 0.15) is 11.6 Å². The van der Waals surface area contributed by atoms with Gasteiger partial charge in [0, 0.05) is 12.0 Å². The fourth-order valence-corrected chi connectivity index (χ4v) is 2.37. The predicted molar refractivity (Wildman–Crippen MR) is 75.5 cm³/mol. The highest BCUT2D eigenvalue weighted by Crippen LogP contribution is 2.23. The van der Waals surface area contributed by atoms with Gasteiger partial charge in [-0.25, -0.2) is 8.78 Å². The smallest absolute Gasteiger partial charge is 0.129 e. The van der Waals surface area contributed by atoms with Crippen LogP contribution >= 0.6 is 0 Å². The maximum absolute atomic E-state index is 13.5. The van der Waals surface area contributed by atoms with E-state index in [4.69, 9.17) is 0 Å². The van der Waals surface area contributed by atoms with Gasteiger partial charge in [-0.15, -0.1) is 0 Å². The number of aliphatic hydroxyl groups is 1. The SMILES string of the molecule is CC(CC(O)Cc1c(F)cccc1F)c1ccccc1. The van der Waals surface area contributed by atoms with Crippen LogP contribution in [0.1, 0.15) is 30.4 Å². The first-order valence-electron chi connectivity index (χ1n) is 6.74. The summed E-state index contributed by atoms with van der Waals surface area (Å²) in [7, 11) is 0. The van der Waals surface area contributed by atoms with Crippen molar-refractivity contribution >= 4 is 0 Å². The normalized spacial score (nSPS) is 14.0. The molecule has 1 nitrogen and oxygen atoms in total. The first-order valence-corrected chi connectivity index (χ1v) is 6.74. The molecule has 0 spiro atoms. The molecular formula is C17H18F2O. The lowest BCUT2D eigenvalue weighted by Crippen LogP contribution is -2.16. The van der Waals surface area contributed by atoms with Gasteiger partial charge in [-0.2, -0.15) is 0 Å². The van der Waals surface area contributed by atoms with E-state index in [-0.39, 0.29) is 17.9 Å². The zero-order valence-electron chi connectivity index (χ0n) is 11.4. The Morgan fingerprint density at radius 2 is 1.55 bits per heavy atom. The van der Waals surface area contributed by atoms with E-state index in [0.29, 0.717) is 6.42 Å². The minimum Gasteiger partial charge on any atom is -0.393 e. The highest BCUT2D eigenvalue weighted by molar-refractivity contribution is 5.22. The van der Waals surface area contributed by atoms with Crippen molar-refractivity contribution in [3.8, 4) is 0 Å². The van der Waals surface area contributed by atoms with E-state index in [1.165, 1.54) is 18.2 Å². The van der Waals surface area contributed by atoms with Gasteiger partial charge in [-0.3, -0.25) is 0 Å². The minimum atomic E-state index is -0.767. The van der Waals surface area contributed by atoms with Crippen molar-refractivity contribution in [1.82, 2.24) is 0 Å². The molecule has 0 aromatic heterocycles. The molecule has 2 unspecified atom stereocenters. The predicted octanol–water partition coefficient (Wildman–Crippen LogP) is 4.06. The Morgan fingerprint density at radius 3 is 2.15 bits per heavy atom. The average molecular weight is 276 g/mol. The Morgan fingerprint density at radius 1 is 0.950 bits per heavy atom. The summed E-state index contributed by atoms with van der Waals surface area (Å²) in [4.78, 5) is 0. The Bertz CT molecular complexity index is 534. The van der Waals surface area contributed by atoms with Crippen LogP contribution in [0.3, 0.4) is 0 Å². The maximum Gasteiger partial charge on any atom is 0.129 e. The molecule has 1 N–H and O–H groups in total. The van der Waals surface area contributed by atoms with Crippen LogP contribution in [0.5, 0.6) is 0 Å². The highest BCUT2D eigenvalue weighted by Gasteiger charge is 2.17. The average Bonchev–Trinajstić information content (AvgIpc) is 2.44. The van der Waals surface area contributed by atoms with E-state index in [2.05, 4.69) is 0 Å². The summed E-state index contributed by atoms with van der Waals surface area (Å²) < 4.78 is 27.0. The van der Waals surface area contributed by atoms with E-state index in [9.17, 15) is 13.9 Å². The Hall–Kier alpha value is -1.74. The second-order valence-electron chi connectivity index (χ2n) is 5.11. The van der Waals surface area contributed by atoms with Crippen molar-refractivity contribution in [1.29, 1.82) is 0 Å². The largest absolute Gasteiger partial charge is 0.393 e. The Balaban J connectivity index is 2.01. The summed E-state index contributed by atoms with van der Waals surface area (Å²) in [6.07, 6.45) is -0.301. The summed E-state index contributed by atoms with van der Waals surface area (Å²) >= 11 is 0. The molecule has 0 saturated heterocycles. The zero-order chi connectivity index (χ0) is 14.5. The molecule has 2 rings (SSSR count). The van der Waals surface area contributed by atoms with Crippen LogP contribution in [-0.4, -0.2) is 11.2 Å². The number of aliphatic hydroxyl groups excluding tert-OH is 1. The molecule has 0 aliphatic carbocycles. The monoisotopic (exact) mass is 276 g/mol. The van der Waals surface area contributed by atoms with Crippen LogP contribution < -0.4 is 0 Å². The molecule has 0 aliphatic rings. The van der Waals surface area contributed by atoms with Crippen LogP contribution in [0.2, 0.25) is 0 Å². The van der Waals surface area contributed by atoms with Crippen LogP contribution in [0.4, 0.5) is 8.78 Å². The number of hydrogen-bond donors (Lipinski definition) is 1. The number of halogens is 2. The molecule has 20 heavy (non-hydrogen) atoms. The molecule has 0 aliphatic heterocycles. The maximum atomic E-state index is 13.5. The summed E-state index contributed by atoms with van der Waals surface area (Å²) in [6.45, 7) is 2.00. The lowest BCUT2D eigenvalue weighted by molar-refractivity contribution is 0.155. The van der Waals surface area contributed by atoms with Crippen molar-refractivity contribution in [2.75, 3.05) is 0 Å². The molecular weight excluding hydrogens is 258 g/mol. The van der Waals surface area contributed by atoms with Crippen molar-refractivity contribution in [2.24, 2.45) is 0 Å². The summed E-state index contributed by atoms with van der Waals surface area (Å²) in [5, 5.41) is 10.0. The third-order valence-electron chi connectivity index (χ3n) is 3.50. The number of benzene rings is 2. The summed E-state index contributed by atoms with van der Waals surface area (Å²) in [5.74, 6) is -1.06. The second kappa shape index (κ2) is 6.62. The molecule has 106 valence electrons. The lowest BCUT2D eigenvalue weighted by atomic mass is 9.92. The standard InChI is InChI=1S/C17H18F2O/c1-12(13-6-3-2-4-7-13)10-14(20)11-15-16(18)8-5-9-17(15)19/h2-9,12,14,20H,10-11H2,1H3. The number of hydrogen-bond acceptors (Lipinski definition) is 1. The molecule has 2 atom stereocenters. The fraction of sp³-hybridized carbons (Fsp3) is 0.294. The molecule has 0 bridgehead atoms. The van der Waals surface area contributed by atoms with Gasteiger partial charge in [0.2, 0.25) is 0 Å². The first kappa shape index (κ1) is 14.7. The summed E-state index contributed by atoms with van der Waals surface area (Å²) in [6, 6.07) is 13.5. The zero-order valence-corrected chi connectivity index (χ0v) is 11.4. The van der Waals surface area contributed by atoms with Crippen LogP contribution in [-0.2, 0) is 6.42 Å². The molecule has 0 amide bonds. The Labute approximate surface area is 117 Å². The number of rotatable bonds is 5. The third kappa shape index (κ3) is 3.64. The molecule has 2 aromatic rings. The van der Waals surface area contributed by atoms with Gasteiger partial charge >= 0.3 is 0 Å². The molecule has 0 heterocycles. The van der Waals surface area contributed by atoms with E-state index >= 15 is 0 Å². The summed E-state index contributed by atoms with van der Waals surface area (Å²) in [5.41, 5.74) is 1.07. The van der Waals surface area contributed by atoms with Gasteiger partial charge in [0.15, 0.2) is 0 Å². The second-order valence-corrected chi connectivity index (χ2v) is 5.11. The van der Waals surface area contributed by atoms with Crippen molar-refractivity contribution < 1.29 is 13.9 Å². The lowest BCUT2D eigenvalue weighted by Gasteiger charge is -2.17. The van der Waals surface area contributed by atoms with Gasteiger partial charge in [0.25, 0.3) is 0 Å². The van der Waals surface area contributed by atoms with E-state index in [1.54, 1.807) is 0 Å². The molecule has 0 radical (unpaired) electrons. The van der Waals surface area contributed by atoms with Crippen LogP contribution in [0, 0.1) is 11.6 Å². The molecule has 0 saturated carbocycles. The molecule has 2 aromatic carbocycles. The molecule has 3 heteroatoms. The van der Waals surface area contributed by atoms with Crippen molar-refractivity contribution in [3.05, 3.63) is 71.3 Å². The van der Waals surface area contributed by atoms with Gasteiger partial charge in [-0.1, -0.05) is 43.3 Å². The fourth-order valence-electron chi connectivity index (χ4n) is 2.37. The Kier molecular flexibility index (Phi) is 4.85. The van der Waals surface area contributed by atoms with E-state index < -0.39 is 17.7 Å².